The molecule has 0 aliphatic heterocycles. The van der Waals surface area contributed by atoms with E-state index in [0.29, 0.717) is 0 Å². The molecule has 1 heterocycles. The SMILES string of the molecule is CCc1ccc(CNCCc2scnc2C)cc1. The molecule has 0 saturated carbocycles. The zero-order valence-electron chi connectivity index (χ0n) is 11.1. The Balaban J connectivity index is 1.73. The first-order valence-electron chi connectivity index (χ1n) is 6.47. The molecule has 1 aromatic carbocycles. The highest BCUT2D eigenvalue weighted by Gasteiger charge is 2.00. The fourth-order valence-corrected chi connectivity index (χ4v) is 2.67. The number of hydrogen-bond acceptors (Lipinski definition) is 3. The summed E-state index contributed by atoms with van der Waals surface area (Å²) in [5, 5.41) is 3.48. The summed E-state index contributed by atoms with van der Waals surface area (Å²) >= 11 is 1.75. The van der Waals surface area contributed by atoms with Crippen LogP contribution in [0.3, 0.4) is 0 Å². The summed E-state index contributed by atoms with van der Waals surface area (Å²) in [7, 11) is 0. The molecule has 0 bridgehead atoms. The van der Waals surface area contributed by atoms with E-state index < -0.39 is 0 Å². The predicted molar refractivity (Wildman–Crippen MR) is 78.1 cm³/mol. The molecule has 0 radical (unpaired) electrons. The molecule has 2 aromatic rings. The van der Waals surface area contributed by atoms with Gasteiger partial charge in [-0.15, -0.1) is 11.3 Å². The van der Waals surface area contributed by atoms with Gasteiger partial charge in [0.2, 0.25) is 0 Å². The van der Waals surface area contributed by atoms with Crippen molar-refractivity contribution in [1.82, 2.24) is 10.3 Å². The van der Waals surface area contributed by atoms with E-state index in [0.717, 1.165) is 25.9 Å². The van der Waals surface area contributed by atoms with Crippen LogP contribution in [0.15, 0.2) is 29.8 Å². The van der Waals surface area contributed by atoms with Gasteiger partial charge in [-0.05, 0) is 30.9 Å². The number of nitrogens with zero attached hydrogens (tertiary/aromatic N) is 1. The molecule has 0 unspecified atom stereocenters. The van der Waals surface area contributed by atoms with Crippen LogP contribution in [0.5, 0.6) is 0 Å². The van der Waals surface area contributed by atoms with E-state index in [1.54, 1.807) is 11.3 Å². The summed E-state index contributed by atoms with van der Waals surface area (Å²) in [5.41, 5.74) is 5.86. The van der Waals surface area contributed by atoms with E-state index in [4.69, 9.17) is 0 Å². The smallest absolute Gasteiger partial charge is 0.0797 e. The number of nitrogens with one attached hydrogen (secondary N) is 1. The van der Waals surface area contributed by atoms with E-state index in [2.05, 4.69) is 48.4 Å². The monoisotopic (exact) mass is 260 g/mol. The maximum Gasteiger partial charge on any atom is 0.0797 e. The summed E-state index contributed by atoms with van der Waals surface area (Å²) in [6.07, 6.45) is 2.18. The van der Waals surface area contributed by atoms with Crippen molar-refractivity contribution in [3.05, 3.63) is 51.5 Å². The van der Waals surface area contributed by atoms with Gasteiger partial charge in [0.25, 0.3) is 0 Å². The van der Waals surface area contributed by atoms with Gasteiger partial charge < -0.3 is 5.32 Å². The van der Waals surface area contributed by atoms with Crippen LogP contribution in [0.1, 0.15) is 28.6 Å². The van der Waals surface area contributed by atoms with Crippen LogP contribution in [0.25, 0.3) is 0 Å². The molecule has 96 valence electrons. The Bertz CT molecular complexity index is 473. The lowest BCUT2D eigenvalue weighted by Crippen LogP contribution is -2.16. The standard InChI is InChI=1S/C15H20N2S/c1-3-13-4-6-14(7-5-13)10-16-9-8-15-12(2)17-11-18-15/h4-7,11,16H,3,8-10H2,1-2H3. The van der Waals surface area contributed by atoms with Crippen molar-refractivity contribution in [3.63, 3.8) is 0 Å². The van der Waals surface area contributed by atoms with E-state index in [1.165, 1.54) is 21.7 Å². The molecule has 0 atom stereocenters. The summed E-state index contributed by atoms with van der Waals surface area (Å²) in [5.74, 6) is 0. The Labute approximate surface area is 113 Å². The van der Waals surface area contributed by atoms with Crippen molar-refractivity contribution in [2.24, 2.45) is 0 Å². The minimum absolute atomic E-state index is 0.946. The zero-order valence-corrected chi connectivity index (χ0v) is 11.9. The van der Waals surface area contributed by atoms with E-state index in [9.17, 15) is 0 Å². The molecule has 3 heteroatoms. The second kappa shape index (κ2) is 6.66. The number of benzene rings is 1. The lowest BCUT2D eigenvalue weighted by Gasteiger charge is -2.05. The minimum Gasteiger partial charge on any atom is -0.312 e. The second-order valence-corrected chi connectivity index (χ2v) is 5.40. The van der Waals surface area contributed by atoms with Crippen molar-refractivity contribution in [2.75, 3.05) is 6.54 Å². The predicted octanol–water partition coefficient (Wildman–Crippen LogP) is 3.35. The molecule has 0 amide bonds. The van der Waals surface area contributed by atoms with Crippen LogP contribution in [-0.4, -0.2) is 11.5 Å². The first-order chi connectivity index (χ1) is 8.79. The lowest BCUT2D eigenvalue weighted by molar-refractivity contribution is 0.688. The molecule has 18 heavy (non-hydrogen) atoms. The van der Waals surface area contributed by atoms with Gasteiger partial charge in [0, 0.05) is 18.0 Å². The van der Waals surface area contributed by atoms with Gasteiger partial charge in [-0.2, -0.15) is 0 Å². The summed E-state index contributed by atoms with van der Waals surface area (Å²) in [6, 6.07) is 8.85. The van der Waals surface area contributed by atoms with Gasteiger partial charge in [-0.1, -0.05) is 31.2 Å². The molecule has 1 N–H and O–H groups in total. The van der Waals surface area contributed by atoms with E-state index in [-0.39, 0.29) is 0 Å². The third-order valence-corrected chi connectivity index (χ3v) is 4.13. The highest BCUT2D eigenvalue weighted by atomic mass is 32.1. The number of hydrogen-bond donors (Lipinski definition) is 1. The van der Waals surface area contributed by atoms with Crippen molar-refractivity contribution in [2.45, 2.75) is 33.2 Å². The largest absolute Gasteiger partial charge is 0.312 e. The van der Waals surface area contributed by atoms with Gasteiger partial charge >= 0.3 is 0 Å². The van der Waals surface area contributed by atoms with Gasteiger partial charge in [0.05, 0.1) is 11.2 Å². The third kappa shape index (κ3) is 3.65. The molecule has 0 saturated heterocycles. The fourth-order valence-electron chi connectivity index (χ4n) is 1.89. The van der Waals surface area contributed by atoms with Crippen molar-refractivity contribution < 1.29 is 0 Å². The number of aryl methyl sites for hydroxylation is 2. The van der Waals surface area contributed by atoms with E-state index >= 15 is 0 Å². The van der Waals surface area contributed by atoms with Gasteiger partial charge in [-0.3, -0.25) is 0 Å². The van der Waals surface area contributed by atoms with E-state index in [1.807, 2.05) is 5.51 Å². The highest BCUT2D eigenvalue weighted by Crippen LogP contribution is 2.12. The Morgan fingerprint density at radius 1 is 1.17 bits per heavy atom. The van der Waals surface area contributed by atoms with Crippen LogP contribution >= 0.6 is 11.3 Å². The second-order valence-electron chi connectivity index (χ2n) is 4.46. The zero-order chi connectivity index (χ0) is 12.8. The molecule has 2 nitrogen and oxygen atoms in total. The molecular weight excluding hydrogens is 240 g/mol. The van der Waals surface area contributed by atoms with Crippen molar-refractivity contribution in [1.29, 1.82) is 0 Å². The Kier molecular flexibility index (Phi) is 4.90. The fraction of sp³-hybridized carbons (Fsp3) is 0.400. The molecule has 0 aliphatic rings. The topological polar surface area (TPSA) is 24.9 Å². The van der Waals surface area contributed by atoms with Crippen LogP contribution in [-0.2, 0) is 19.4 Å². The molecule has 0 fully saturated rings. The van der Waals surface area contributed by atoms with Gasteiger partial charge in [-0.25, -0.2) is 4.98 Å². The summed E-state index contributed by atoms with van der Waals surface area (Å²) < 4.78 is 0. The Hall–Kier alpha value is -1.19. The maximum atomic E-state index is 4.26. The van der Waals surface area contributed by atoms with Crippen LogP contribution < -0.4 is 5.32 Å². The number of thiazole rings is 1. The van der Waals surface area contributed by atoms with Crippen LogP contribution in [0, 0.1) is 6.92 Å². The van der Waals surface area contributed by atoms with Gasteiger partial charge in [0.1, 0.15) is 0 Å². The average Bonchev–Trinajstić information content (AvgIpc) is 2.81. The average molecular weight is 260 g/mol. The summed E-state index contributed by atoms with van der Waals surface area (Å²) in [6.45, 7) is 6.22. The number of rotatable bonds is 6. The molecule has 2 rings (SSSR count). The van der Waals surface area contributed by atoms with Gasteiger partial charge in [0.15, 0.2) is 0 Å². The van der Waals surface area contributed by atoms with Crippen molar-refractivity contribution >= 4 is 11.3 Å². The highest BCUT2D eigenvalue weighted by molar-refractivity contribution is 7.09. The van der Waals surface area contributed by atoms with Crippen LogP contribution in [0.4, 0.5) is 0 Å². The van der Waals surface area contributed by atoms with Crippen LogP contribution in [0.2, 0.25) is 0 Å². The maximum absolute atomic E-state index is 4.26. The summed E-state index contributed by atoms with van der Waals surface area (Å²) in [4.78, 5) is 5.66. The normalized spacial score (nSPS) is 10.8. The molecule has 0 aliphatic carbocycles. The first-order valence-corrected chi connectivity index (χ1v) is 7.35. The molecule has 0 spiro atoms. The van der Waals surface area contributed by atoms with Crippen molar-refractivity contribution in [3.8, 4) is 0 Å². The Morgan fingerprint density at radius 2 is 1.89 bits per heavy atom. The molecular formula is C15H20N2S. The lowest BCUT2D eigenvalue weighted by atomic mass is 10.1. The first kappa shape index (κ1) is 13.2. The number of aromatic nitrogens is 1. The minimum atomic E-state index is 0.946. The Morgan fingerprint density at radius 3 is 2.50 bits per heavy atom. The third-order valence-electron chi connectivity index (χ3n) is 3.13. The quantitative estimate of drug-likeness (QED) is 0.806. The molecule has 1 aromatic heterocycles.